The minimum atomic E-state index is -0.125. The molecular formula is C14H19ClN2O3. The van der Waals surface area contributed by atoms with Gasteiger partial charge in [0.2, 0.25) is 5.91 Å². The molecule has 2 atom stereocenters. The van der Waals surface area contributed by atoms with Crippen molar-refractivity contribution in [1.82, 2.24) is 10.6 Å². The fourth-order valence-corrected chi connectivity index (χ4v) is 2.41. The smallest absolute Gasteiger partial charge is 0.237 e. The summed E-state index contributed by atoms with van der Waals surface area (Å²) in [6, 6.07) is 7.53. The Kier molecular flexibility index (Phi) is 5.09. The summed E-state index contributed by atoms with van der Waals surface area (Å²) in [6.45, 7) is 1.87. The number of amides is 1. The zero-order valence-electron chi connectivity index (χ0n) is 11.1. The van der Waals surface area contributed by atoms with Crippen molar-refractivity contribution in [3.8, 4) is 11.5 Å². The van der Waals surface area contributed by atoms with Crippen molar-refractivity contribution >= 4 is 18.3 Å². The molecule has 2 aliphatic heterocycles. The Morgan fingerprint density at radius 1 is 1.35 bits per heavy atom. The molecule has 3 rings (SSSR count). The first-order chi connectivity index (χ1) is 9.33. The van der Waals surface area contributed by atoms with Crippen LogP contribution in [0.2, 0.25) is 0 Å². The number of halogens is 1. The van der Waals surface area contributed by atoms with E-state index in [1.54, 1.807) is 0 Å². The normalized spacial score (nSPS) is 23.8. The zero-order chi connectivity index (χ0) is 13.1. The van der Waals surface area contributed by atoms with Crippen molar-refractivity contribution in [2.45, 2.75) is 25.0 Å². The summed E-state index contributed by atoms with van der Waals surface area (Å²) in [5.41, 5.74) is 0. The third-order valence-electron chi connectivity index (χ3n) is 3.45. The number of benzene rings is 1. The molecule has 0 radical (unpaired) electrons. The van der Waals surface area contributed by atoms with Crippen molar-refractivity contribution in [3.63, 3.8) is 0 Å². The van der Waals surface area contributed by atoms with Crippen LogP contribution in [-0.4, -0.2) is 37.7 Å². The molecule has 1 amide bonds. The number of carbonyl (C=O) groups excluding carboxylic acids is 1. The van der Waals surface area contributed by atoms with Gasteiger partial charge in [-0.3, -0.25) is 4.79 Å². The Labute approximate surface area is 124 Å². The molecule has 1 unspecified atom stereocenters. The maximum Gasteiger partial charge on any atom is 0.237 e. The second-order valence-electron chi connectivity index (χ2n) is 4.89. The second-order valence-corrected chi connectivity index (χ2v) is 4.89. The molecule has 0 spiro atoms. The van der Waals surface area contributed by atoms with E-state index in [-0.39, 0.29) is 30.5 Å². The summed E-state index contributed by atoms with van der Waals surface area (Å²) in [4.78, 5) is 11.9. The maximum absolute atomic E-state index is 11.9. The molecule has 0 aromatic heterocycles. The first kappa shape index (κ1) is 14.9. The predicted octanol–water partition coefficient (Wildman–Crippen LogP) is 1.12. The molecule has 5 nitrogen and oxygen atoms in total. The van der Waals surface area contributed by atoms with Gasteiger partial charge < -0.3 is 20.1 Å². The van der Waals surface area contributed by atoms with Crippen LogP contribution >= 0.6 is 12.4 Å². The summed E-state index contributed by atoms with van der Waals surface area (Å²) in [6.07, 6.45) is 1.85. The second kappa shape index (κ2) is 6.81. The average molecular weight is 299 g/mol. The van der Waals surface area contributed by atoms with Gasteiger partial charge in [-0.2, -0.15) is 0 Å². The van der Waals surface area contributed by atoms with E-state index in [1.807, 2.05) is 24.3 Å². The Morgan fingerprint density at radius 2 is 2.15 bits per heavy atom. The van der Waals surface area contributed by atoms with Crippen molar-refractivity contribution < 1.29 is 14.3 Å². The lowest BCUT2D eigenvalue weighted by molar-refractivity contribution is -0.123. The molecule has 1 saturated heterocycles. The zero-order valence-corrected chi connectivity index (χ0v) is 11.9. The lowest BCUT2D eigenvalue weighted by Gasteiger charge is -2.26. The number of rotatable bonds is 3. The van der Waals surface area contributed by atoms with Gasteiger partial charge in [-0.1, -0.05) is 12.1 Å². The molecule has 0 saturated carbocycles. The van der Waals surface area contributed by atoms with Gasteiger partial charge in [-0.15, -0.1) is 12.4 Å². The number of para-hydroxylation sites is 2. The quantitative estimate of drug-likeness (QED) is 0.878. The molecule has 2 heterocycles. The van der Waals surface area contributed by atoms with Gasteiger partial charge in [0.1, 0.15) is 12.7 Å². The van der Waals surface area contributed by atoms with Crippen molar-refractivity contribution in [3.05, 3.63) is 24.3 Å². The molecule has 1 aromatic rings. The lowest BCUT2D eigenvalue weighted by Crippen LogP contribution is -2.46. The first-order valence-corrected chi connectivity index (χ1v) is 6.72. The number of nitrogens with one attached hydrogen (secondary N) is 2. The topological polar surface area (TPSA) is 59.6 Å². The highest BCUT2D eigenvalue weighted by Gasteiger charge is 2.25. The number of hydrogen-bond donors (Lipinski definition) is 2. The van der Waals surface area contributed by atoms with Crippen LogP contribution < -0.4 is 20.1 Å². The van der Waals surface area contributed by atoms with Crippen molar-refractivity contribution in [2.24, 2.45) is 0 Å². The summed E-state index contributed by atoms with van der Waals surface area (Å²) < 4.78 is 11.4. The van der Waals surface area contributed by atoms with Crippen molar-refractivity contribution in [1.29, 1.82) is 0 Å². The van der Waals surface area contributed by atoms with E-state index >= 15 is 0 Å². The highest BCUT2D eigenvalue weighted by atomic mass is 35.5. The first-order valence-electron chi connectivity index (χ1n) is 6.72. The lowest BCUT2D eigenvalue weighted by atomic mass is 10.2. The number of fused-ring (bicyclic) bond motifs is 1. The monoisotopic (exact) mass is 298 g/mol. The van der Waals surface area contributed by atoms with Crippen LogP contribution in [0.4, 0.5) is 0 Å². The van der Waals surface area contributed by atoms with Gasteiger partial charge in [-0.05, 0) is 31.5 Å². The summed E-state index contributed by atoms with van der Waals surface area (Å²) in [7, 11) is 0. The summed E-state index contributed by atoms with van der Waals surface area (Å²) >= 11 is 0. The summed E-state index contributed by atoms with van der Waals surface area (Å²) in [5.74, 6) is 1.56. The molecule has 1 aromatic carbocycles. The molecule has 20 heavy (non-hydrogen) atoms. The van der Waals surface area contributed by atoms with Gasteiger partial charge in [0.25, 0.3) is 0 Å². The van der Waals surface area contributed by atoms with E-state index in [2.05, 4.69) is 10.6 Å². The van der Waals surface area contributed by atoms with E-state index in [0.29, 0.717) is 13.2 Å². The molecule has 0 aliphatic carbocycles. The van der Waals surface area contributed by atoms with Crippen LogP contribution in [0, 0.1) is 0 Å². The standard InChI is InChI=1S/C14H18N2O3.ClH/c17-14(11-4-3-7-15-11)16-8-10-9-18-12-5-1-2-6-13(12)19-10;/h1-2,5-6,10-11,15H,3-4,7-9H2,(H,16,17);1H/t10?,11-;/m0./s1. The van der Waals surface area contributed by atoms with Crippen LogP contribution in [0.15, 0.2) is 24.3 Å². The van der Waals surface area contributed by atoms with Crippen LogP contribution in [0.25, 0.3) is 0 Å². The highest BCUT2D eigenvalue weighted by molar-refractivity contribution is 5.85. The van der Waals surface area contributed by atoms with E-state index in [1.165, 1.54) is 0 Å². The van der Waals surface area contributed by atoms with E-state index in [0.717, 1.165) is 30.9 Å². The molecule has 1 fully saturated rings. The van der Waals surface area contributed by atoms with Gasteiger partial charge in [0.15, 0.2) is 11.5 Å². The molecular weight excluding hydrogens is 280 g/mol. The van der Waals surface area contributed by atoms with E-state index in [9.17, 15) is 4.79 Å². The Morgan fingerprint density at radius 3 is 2.90 bits per heavy atom. The predicted molar refractivity (Wildman–Crippen MR) is 77.6 cm³/mol. The number of carbonyl (C=O) groups is 1. The van der Waals surface area contributed by atoms with Gasteiger partial charge in [0.05, 0.1) is 12.6 Å². The maximum atomic E-state index is 11.9. The van der Waals surface area contributed by atoms with Crippen LogP contribution in [-0.2, 0) is 4.79 Å². The minimum Gasteiger partial charge on any atom is -0.486 e. The Hall–Kier alpha value is -1.46. The highest BCUT2D eigenvalue weighted by Crippen LogP contribution is 2.30. The van der Waals surface area contributed by atoms with Gasteiger partial charge >= 0.3 is 0 Å². The third kappa shape index (κ3) is 3.35. The molecule has 2 N–H and O–H groups in total. The van der Waals surface area contributed by atoms with Crippen LogP contribution in [0.3, 0.4) is 0 Å². The molecule has 6 heteroatoms. The average Bonchev–Trinajstić information content (AvgIpc) is 2.99. The number of hydrogen-bond acceptors (Lipinski definition) is 4. The van der Waals surface area contributed by atoms with Gasteiger partial charge in [0, 0.05) is 0 Å². The minimum absolute atomic E-state index is 0. The van der Waals surface area contributed by atoms with Crippen molar-refractivity contribution in [2.75, 3.05) is 19.7 Å². The van der Waals surface area contributed by atoms with Crippen LogP contribution in [0.1, 0.15) is 12.8 Å². The molecule has 110 valence electrons. The summed E-state index contributed by atoms with van der Waals surface area (Å²) in [5, 5.41) is 6.09. The fraction of sp³-hybridized carbons (Fsp3) is 0.500. The molecule has 0 bridgehead atoms. The van der Waals surface area contributed by atoms with E-state index in [4.69, 9.17) is 9.47 Å². The van der Waals surface area contributed by atoms with Crippen LogP contribution in [0.5, 0.6) is 11.5 Å². The SMILES string of the molecule is Cl.O=C(NCC1COc2ccccc2O1)[C@@H]1CCCN1. The third-order valence-corrected chi connectivity index (χ3v) is 3.45. The van der Waals surface area contributed by atoms with Gasteiger partial charge in [-0.25, -0.2) is 0 Å². The fourth-order valence-electron chi connectivity index (χ4n) is 2.41. The Balaban J connectivity index is 0.00000147. The van der Waals surface area contributed by atoms with E-state index < -0.39 is 0 Å². The largest absolute Gasteiger partial charge is 0.486 e. The Bertz CT molecular complexity index is 463. The number of ether oxygens (including phenoxy) is 2. The molecule has 2 aliphatic rings.